The van der Waals surface area contributed by atoms with E-state index in [4.69, 9.17) is 27.9 Å². The average Bonchev–Trinajstić information content (AvgIpc) is 2.91. The van der Waals surface area contributed by atoms with Crippen molar-refractivity contribution in [2.45, 2.75) is 19.4 Å². The van der Waals surface area contributed by atoms with Gasteiger partial charge in [-0.2, -0.15) is 0 Å². The molecule has 5 nitrogen and oxygen atoms in total. The van der Waals surface area contributed by atoms with Gasteiger partial charge in [0.05, 0.1) is 24.8 Å². The molecule has 1 fully saturated rings. The second kappa shape index (κ2) is 5.23. The zero-order valence-corrected chi connectivity index (χ0v) is 11.7. The Bertz CT molecular complexity index is 518. The van der Waals surface area contributed by atoms with Gasteiger partial charge in [0.15, 0.2) is 0 Å². The molecule has 1 saturated heterocycles. The SMILES string of the molecule is O=C(C1CCOC1)N1CCc2nc(Cl)nc(Cl)c2C1. The van der Waals surface area contributed by atoms with Crippen LogP contribution in [0.5, 0.6) is 0 Å². The molecule has 0 bridgehead atoms. The summed E-state index contributed by atoms with van der Waals surface area (Å²) in [5.74, 6) is 0.114. The number of nitrogens with zero attached hydrogens (tertiary/aromatic N) is 3. The number of rotatable bonds is 1. The molecule has 0 spiro atoms. The molecule has 1 amide bonds. The van der Waals surface area contributed by atoms with E-state index in [1.807, 2.05) is 4.90 Å². The fourth-order valence-corrected chi connectivity index (χ4v) is 3.00. The summed E-state index contributed by atoms with van der Waals surface area (Å²) in [7, 11) is 0. The molecule has 7 heteroatoms. The van der Waals surface area contributed by atoms with Crippen molar-refractivity contribution < 1.29 is 9.53 Å². The highest BCUT2D eigenvalue weighted by Gasteiger charge is 2.31. The molecule has 0 radical (unpaired) electrons. The smallest absolute Gasteiger partial charge is 0.228 e. The second-order valence-electron chi connectivity index (χ2n) is 4.78. The van der Waals surface area contributed by atoms with Crippen LogP contribution in [0, 0.1) is 5.92 Å². The van der Waals surface area contributed by atoms with Crippen molar-refractivity contribution in [1.29, 1.82) is 0 Å². The van der Waals surface area contributed by atoms with Crippen molar-refractivity contribution in [3.8, 4) is 0 Å². The Labute approximate surface area is 120 Å². The maximum absolute atomic E-state index is 12.3. The molecule has 102 valence electrons. The van der Waals surface area contributed by atoms with Crippen LogP contribution < -0.4 is 0 Å². The van der Waals surface area contributed by atoms with Gasteiger partial charge in [0.2, 0.25) is 11.2 Å². The molecule has 1 aromatic rings. The van der Waals surface area contributed by atoms with Gasteiger partial charge in [0.25, 0.3) is 0 Å². The maximum atomic E-state index is 12.3. The molecular formula is C12H13Cl2N3O2. The number of amides is 1. The molecule has 3 rings (SSSR count). The number of carbonyl (C=O) groups excluding carboxylic acids is 1. The second-order valence-corrected chi connectivity index (χ2v) is 5.48. The summed E-state index contributed by atoms with van der Waals surface area (Å²) in [5.41, 5.74) is 1.65. The van der Waals surface area contributed by atoms with Gasteiger partial charge in [-0.05, 0) is 18.0 Å². The van der Waals surface area contributed by atoms with Crippen LogP contribution in [0.15, 0.2) is 0 Å². The van der Waals surface area contributed by atoms with Gasteiger partial charge in [0.1, 0.15) is 5.15 Å². The van der Waals surface area contributed by atoms with Crippen molar-refractivity contribution in [1.82, 2.24) is 14.9 Å². The van der Waals surface area contributed by atoms with Crippen LogP contribution >= 0.6 is 23.2 Å². The zero-order valence-electron chi connectivity index (χ0n) is 10.2. The third-order valence-corrected chi connectivity index (χ3v) is 4.05. The van der Waals surface area contributed by atoms with Crippen molar-refractivity contribution in [2.75, 3.05) is 19.8 Å². The molecular weight excluding hydrogens is 289 g/mol. The van der Waals surface area contributed by atoms with E-state index in [0.717, 1.165) is 17.7 Å². The van der Waals surface area contributed by atoms with Crippen molar-refractivity contribution in [3.63, 3.8) is 0 Å². The summed E-state index contributed by atoms with van der Waals surface area (Å²) in [5, 5.41) is 0.503. The molecule has 1 aromatic heterocycles. The van der Waals surface area contributed by atoms with E-state index in [2.05, 4.69) is 9.97 Å². The van der Waals surface area contributed by atoms with Crippen molar-refractivity contribution in [3.05, 3.63) is 21.7 Å². The summed E-state index contributed by atoms with van der Waals surface area (Å²) in [6, 6.07) is 0. The third-order valence-electron chi connectivity index (χ3n) is 3.57. The lowest BCUT2D eigenvalue weighted by Crippen LogP contribution is -2.40. The molecule has 1 atom stereocenters. The Morgan fingerprint density at radius 1 is 1.37 bits per heavy atom. The number of aromatic nitrogens is 2. The van der Waals surface area contributed by atoms with Crippen LogP contribution in [-0.2, 0) is 22.5 Å². The van der Waals surface area contributed by atoms with Crippen molar-refractivity contribution >= 4 is 29.1 Å². The lowest BCUT2D eigenvalue weighted by Gasteiger charge is -2.30. The minimum atomic E-state index is -0.0199. The van der Waals surface area contributed by atoms with E-state index in [9.17, 15) is 4.79 Å². The predicted molar refractivity (Wildman–Crippen MR) is 70.1 cm³/mol. The van der Waals surface area contributed by atoms with Crippen LogP contribution in [0.1, 0.15) is 17.7 Å². The zero-order chi connectivity index (χ0) is 13.4. The molecule has 3 heterocycles. The molecule has 0 saturated carbocycles. The molecule has 2 aliphatic heterocycles. The highest BCUT2D eigenvalue weighted by Crippen LogP contribution is 2.27. The third kappa shape index (κ3) is 2.55. The predicted octanol–water partition coefficient (Wildman–Crippen LogP) is 1.70. The molecule has 2 aliphatic rings. The Kier molecular flexibility index (Phi) is 3.60. The van der Waals surface area contributed by atoms with E-state index < -0.39 is 0 Å². The number of hydrogen-bond acceptors (Lipinski definition) is 4. The van der Waals surface area contributed by atoms with Crippen LogP contribution in [0.25, 0.3) is 0 Å². The highest BCUT2D eigenvalue weighted by atomic mass is 35.5. The van der Waals surface area contributed by atoms with Gasteiger partial charge >= 0.3 is 0 Å². The average molecular weight is 302 g/mol. The number of fused-ring (bicyclic) bond motifs is 1. The highest BCUT2D eigenvalue weighted by molar-refractivity contribution is 6.32. The van der Waals surface area contributed by atoms with Gasteiger partial charge in [-0.3, -0.25) is 4.79 Å². The largest absolute Gasteiger partial charge is 0.381 e. The standard InChI is InChI=1S/C12H13Cl2N3O2/c13-10-8-5-17(11(18)7-2-4-19-6-7)3-1-9(8)15-12(14)16-10/h7H,1-6H2. The summed E-state index contributed by atoms with van der Waals surface area (Å²) < 4.78 is 5.26. The quantitative estimate of drug-likeness (QED) is 0.585. The van der Waals surface area contributed by atoms with Gasteiger partial charge in [-0.15, -0.1) is 0 Å². The fraction of sp³-hybridized carbons (Fsp3) is 0.583. The minimum Gasteiger partial charge on any atom is -0.381 e. The lowest BCUT2D eigenvalue weighted by molar-refractivity contribution is -0.136. The van der Waals surface area contributed by atoms with E-state index in [0.29, 0.717) is 37.9 Å². The van der Waals surface area contributed by atoms with Crippen LogP contribution in [0.3, 0.4) is 0 Å². The summed E-state index contributed by atoms with van der Waals surface area (Å²) >= 11 is 11.9. The summed E-state index contributed by atoms with van der Waals surface area (Å²) in [4.78, 5) is 22.2. The minimum absolute atomic E-state index is 0.0199. The normalized spacial score (nSPS) is 22.4. The Morgan fingerprint density at radius 2 is 2.21 bits per heavy atom. The molecule has 0 aliphatic carbocycles. The van der Waals surface area contributed by atoms with E-state index >= 15 is 0 Å². The molecule has 19 heavy (non-hydrogen) atoms. The monoisotopic (exact) mass is 301 g/mol. The van der Waals surface area contributed by atoms with Crippen LogP contribution in [0.2, 0.25) is 10.4 Å². The Morgan fingerprint density at radius 3 is 2.95 bits per heavy atom. The first-order valence-corrected chi connectivity index (χ1v) is 6.98. The summed E-state index contributed by atoms with van der Waals surface area (Å²) in [6.07, 6.45) is 1.46. The number of hydrogen-bond donors (Lipinski definition) is 0. The van der Waals surface area contributed by atoms with E-state index in [-0.39, 0.29) is 17.1 Å². The number of ether oxygens (including phenoxy) is 1. The van der Waals surface area contributed by atoms with Gasteiger partial charge in [0, 0.05) is 25.1 Å². The first kappa shape index (κ1) is 13.1. The Balaban J connectivity index is 1.80. The Hall–Kier alpha value is -0.910. The van der Waals surface area contributed by atoms with Crippen molar-refractivity contribution in [2.24, 2.45) is 5.92 Å². The van der Waals surface area contributed by atoms with Gasteiger partial charge < -0.3 is 9.64 Å². The first-order chi connectivity index (χ1) is 9.15. The number of carbonyl (C=O) groups is 1. The van der Waals surface area contributed by atoms with Crippen LogP contribution in [-0.4, -0.2) is 40.5 Å². The molecule has 1 unspecified atom stereocenters. The van der Waals surface area contributed by atoms with Gasteiger partial charge in [-0.1, -0.05) is 11.6 Å². The van der Waals surface area contributed by atoms with E-state index in [1.165, 1.54) is 0 Å². The summed E-state index contributed by atoms with van der Waals surface area (Å²) in [6.45, 7) is 2.29. The van der Waals surface area contributed by atoms with Gasteiger partial charge in [-0.25, -0.2) is 9.97 Å². The lowest BCUT2D eigenvalue weighted by atomic mass is 10.0. The molecule has 0 N–H and O–H groups in total. The first-order valence-electron chi connectivity index (χ1n) is 6.22. The number of halogens is 2. The topological polar surface area (TPSA) is 55.3 Å². The maximum Gasteiger partial charge on any atom is 0.228 e. The molecule has 0 aromatic carbocycles. The van der Waals surface area contributed by atoms with E-state index in [1.54, 1.807) is 0 Å². The van der Waals surface area contributed by atoms with Crippen LogP contribution in [0.4, 0.5) is 0 Å². The fourth-order valence-electron chi connectivity index (χ4n) is 2.52.